The standard InChI is InChI=1S/C17H21NS/c1-13-9-14(2)11-16(10-13)12-19-17-5-3-15(4-6-17)7-8-18/h3-6,9-11H,7-8,12,18H2,1-2H3. The van der Waals surface area contributed by atoms with E-state index in [2.05, 4.69) is 56.3 Å². The molecular weight excluding hydrogens is 250 g/mol. The van der Waals surface area contributed by atoms with Crippen LogP contribution in [0.5, 0.6) is 0 Å². The minimum absolute atomic E-state index is 0.717. The molecule has 0 unspecified atom stereocenters. The van der Waals surface area contributed by atoms with Crippen LogP contribution in [0.25, 0.3) is 0 Å². The molecule has 2 heteroatoms. The van der Waals surface area contributed by atoms with Gasteiger partial charge >= 0.3 is 0 Å². The van der Waals surface area contributed by atoms with E-state index in [9.17, 15) is 0 Å². The van der Waals surface area contributed by atoms with Gasteiger partial charge in [0.2, 0.25) is 0 Å². The molecule has 0 atom stereocenters. The molecule has 100 valence electrons. The van der Waals surface area contributed by atoms with Gasteiger partial charge < -0.3 is 5.73 Å². The van der Waals surface area contributed by atoms with Crippen LogP contribution in [0.2, 0.25) is 0 Å². The van der Waals surface area contributed by atoms with Gasteiger partial charge in [-0.3, -0.25) is 0 Å². The van der Waals surface area contributed by atoms with E-state index in [-0.39, 0.29) is 0 Å². The molecule has 0 aromatic heterocycles. The van der Waals surface area contributed by atoms with E-state index >= 15 is 0 Å². The summed E-state index contributed by atoms with van der Waals surface area (Å²) in [5, 5.41) is 0. The third-order valence-corrected chi connectivity index (χ3v) is 4.13. The molecule has 1 nitrogen and oxygen atoms in total. The van der Waals surface area contributed by atoms with Crippen molar-refractivity contribution < 1.29 is 0 Å². The first-order valence-corrected chi connectivity index (χ1v) is 7.65. The van der Waals surface area contributed by atoms with Crippen molar-refractivity contribution >= 4 is 11.8 Å². The van der Waals surface area contributed by atoms with Crippen molar-refractivity contribution in [3.8, 4) is 0 Å². The summed E-state index contributed by atoms with van der Waals surface area (Å²) in [6.45, 7) is 5.03. The fourth-order valence-electron chi connectivity index (χ4n) is 2.24. The van der Waals surface area contributed by atoms with Crippen LogP contribution in [0.3, 0.4) is 0 Å². The predicted octanol–water partition coefficient (Wildman–Crippen LogP) is 4.10. The molecule has 2 rings (SSSR count). The molecule has 0 aliphatic heterocycles. The first-order valence-electron chi connectivity index (χ1n) is 6.66. The summed E-state index contributed by atoms with van der Waals surface area (Å²) in [5.74, 6) is 1.03. The van der Waals surface area contributed by atoms with Crippen LogP contribution in [0.1, 0.15) is 22.3 Å². The van der Waals surface area contributed by atoms with Gasteiger partial charge in [-0.1, -0.05) is 41.5 Å². The van der Waals surface area contributed by atoms with Gasteiger partial charge in [0.1, 0.15) is 0 Å². The number of aryl methyl sites for hydroxylation is 2. The van der Waals surface area contributed by atoms with E-state index in [1.807, 2.05) is 11.8 Å². The second-order valence-electron chi connectivity index (χ2n) is 4.97. The van der Waals surface area contributed by atoms with Crippen molar-refractivity contribution in [3.05, 3.63) is 64.7 Å². The number of thioether (sulfide) groups is 1. The van der Waals surface area contributed by atoms with Crippen LogP contribution in [0.15, 0.2) is 47.4 Å². The van der Waals surface area contributed by atoms with Crippen molar-refractivity contribution in [1.82, 2.24) is 0 Å². The minimum atomic E-state index is 0.717. The summed E-state index contributed by atoms with van der Waals surface area (Å²) in [7, 11) is 0. The number of nitrogens with two attached hydrogens (primary N) is 1. The highest BCUT2D eigenvalue weighted by atomic mass is 32.2. The molecule has 0 radical (unpaired) electrons. The van der Waals surface area contributed by atoms with Gasteiger partial charge in [-0.25, -0.2) is 0 Å². The topological polar surface area (TPSA) is 26.0 Å². The second-order valence-corrected chi connectivity index (χ2v) is 6.02. The predicted molar refractivity (Wildman–Crippen MR) is 84.7 cm³/mol. The van der Waals surface area contributed by atoms with Crippen LogP contribution in [0.4, 0.5) is 0 Å². The normalized spacial score (nSPS) is 10.7. The fourth-order valence-corrected chi connectivity index (χ4v) is 3.07. The van der Waals surface area contributed by atoms with Crippen molar-refractivity contribution in [1.29, 1.82) is 0 Å². The highest BCUT2D eigenvalue weighted by Gasteiger charge is 1.99. The van der Waals surface area contributed by atoms with Crippen LogP contribution in [-0.2, 0) is 12.2 Å². The van der Waals surface area contributed by atoms with E-state index in [0.29, 0.717) is 0 Å². The number of hydrogen-bond acceptors (Lipinski definition) is 2. The molecule has 0 spiro atoms. The Hall–Kier alpha value is -1.25. The smallest absolute Gasteiger partial charge is 0.0232 e. The van der Waals surface area contributed by atoms with E-state index in [4.69, 9.17) is 5.73 Å². The van der Waals surface area contributed by atoms with Crippen molar-refractivity contribution in [2.75, 3.05) is 6.54 Å². The quantitative estimate of drug-likeness (QED) is 0.829. The molecule has 0 saturated carbocycles. The molecular formula is C17H21NS. The molecule has 0 fully saturated rings. The lowest BCUT2D eigenvalue weighted by molar-refractivity contribution is 0.966. The van der Waals surface area contributed by atoms with Crippen LogP contribution in [-0.4, -0.2) is 6.54 Å². The van der Waals surface area contributed by atoms with E-state index in [0.717, 1.165) is 18.7 Å². The van der Waals surface area contributed by atoms with Gasteiger partial charge in [-0.15, -0.1) is 11.8 Å². The minimum Gasteiger partial charge on any atom is -0.330 e. The average Bonchev–Trinajstić information content (AvgIpc) is 2.37. The zero-order valence-electron chi connectivity index (χ0n) is 11.6. The Balaban J connectivity index is 1.98. The highest BCUT2D eigenvalue weighted by molar-refractivity contribution is 7.98. The largest absolute Gasteiger partial charge is 0.330 e. The van der Waals surface area contributed by atoms with E-state index in [1.165, 1.54) is 27.1 Å². The van der Waals surface area contributed by atoms with Crippen LogP contribution < -0.4 is 5.73 Å². The maximum Gasteiger partial charge on any atom is 0.0232 e. The first kappa shape index (κ1) is 14.2. The van der Waals surface area contributed by atoms with E-state index in [1.54, 1.807) is 0 Å². The van der Waals surface area contributed by atoms with E-state index < -0.39 is 0 Å². The monoisotopic (exact) mass is 271 g/mol. The first-order chi connectivity index (χ1) is 9.17. The van der Waals surface area contributed by atoms with Gasteiger partial charge in [-0.2, -0.15) is 0 Å². The van der Waals surface area contributed by atoms with Gasteiger partial charge in [0.25, 0.3) is 0 Å². The summed E-state index contributed by atoms with van der Waals surface area (Å²) in [6, 6.07) is 15.5. The summed E-state index contributed by atoms with van der Waals surface area (Å²) in [6.07, 6.45) is 0.960. The summed E-state index contributed by atoms with van der Waals surface area (Å²) >= 11 is 1.89. The Bertz CT molecular complexity index is 511. The molecule has 0 saturated heterocycles. The Labute approximate surface area is 120 Å². The Morgan fingerprint density at radius 2 is 1.53 bits per heavy atom. The van der Waals surface area contributed by atoms with Gasteiger partial charge in [0, 0.05) is 10.6 Å². The molecule has 0 heterocycles. The molecule has 19 heavy (non-hydrogen) atoms. The van der Waals surface area contributed by atoms with Gasteiger partial charge in [0.15, 0.2) is 0 Å². The van der Waals surface area contributed by atoms with Crippen LogP contribution in [0, 0.1) is 13.8 Å². The Kier molecular flexibility index (Phi) is 5.06. The zero-order valence-corrected chi connectivity index (χ0v) is 12.5. The Morgan fingerprint density at radius 3 is 2.11 bits per heavy atom. The summed E-state index contributed by atoms with van der Waals surface area (Å²) in [4.78, 5) is 1.32. The molecule has 0 amide bonds. The lowest BCUT2D eigenvalue weighted by Gasteiger charge is -2.06. The number of rotatable bonds is 5. The maximum atomic E-state index is 5.56. The maximum absolute atomic E-state index is 5.56. The molecule has 2 aromatic rings. The molecule has 2 N–H and O–H groups in total. The SMILES string of the molecule is Cc1cc(C)cc(CSc2ccc(CCN)cc2)c1. The second kappa shape index (κ2) is 6.78. The third-order valence-electron chi connectivity index (χ3n) is 3.04. The average molecular weight is 271 g/mol. The van der Waals surface area contributed by atoms with Crippen molar-refractivity contribution in [2.24, 2.45) is 5.73 Å². The van der Waals surface area contributed by atoms with Gasteiger partial charge in [0.05, 0.1) is 0 Å². The van der Waals surface area contributed by atoms with Crippen molar-refractivity contribution in [2.45, 2.75) is 30.9 Å². The Morgan fingerprint density at radius 1 is 0.895 bits per heavy atom. The molecule has 2 aromatic carbocycles. The number of benzene rings is 2. The van der Waals surface area contributed by atoms with Gasteiger partial charge in [-0.05, 0) is 50.1 Å². The summed E-state index contributed by atoms with van der Waals surface area (Å²) in [5.41, 5.74) is 11.0. The molecule has 0 aliphatic rings. The zero-order chi connectivity index (χ0) is 13.7. The molecule has 0 aliphatic carbocycles. The third kappa shape index (κ3) is 4.41. The highest BCUT2D eigenvalue weighted by Crippen LogP contribution is 2.24. The fraction of sp³-hybridized carbons (Fsp3) is 0.294. The number of hydrogen-bond donors (Lipinski definition) is 1. The lowest BCUT2D eigenvalue weighted by Crippen LogP contribution is -2.02. The van der Waals surface area contributed by atoms with Crippen LogP contribution >= 0.6 is 11.8 Å². The summed E-state index contributed by atoms with van der Waals surface area (Å²) < 4.78 is 0. The van der Waals surface area contributed by atoms with Crippen molar-refractivity contribution in [3.63, 3.8) is 0 Å². The molecule has 0 bridgehead atoms. The lowest BCUT2D eigenvalue weighted by atomic mass is 10.1.